The van der Waals surface area contributed by atoms with E-state index in [2.05, 4.69) is 71.8 Å². The topological polar surface area (TPSA) is 68.1 Å². The van der Waals surface area contributed by atoms with Gasteiger partial charge in [-0.05, 0) is 43.4 Å². The molecular formula is C28H30N6O. The molecule has 4 aromatic rings. The van der Waals surface area contributed by atoms with E-state index >= 15 is 0 Å². The monoisotopic (exact) mass is 466 g/mol. The van der Waals surface area contributed by atoms with E-state index in [1.54, 1.807) is 0 Å². The van der Waals surface area contributed by atoms with Crippen LogP contribution in [-0.4, -0.2) is 39.7 Å². The molecule has 1 N–H and O–H groups in total. The normalized spacial score (nSPS) is 17.1. The van der Waals surface area contributed by atoms with Gasteiger partial charge in [0, 0.05) is 43.0 Å². The van der Waals surface area contributed by atoms with Gasteiger partial charge in [0.2, 0.25) is 5.95 Å². The molecule has 4 bridgehead atoms. The van der Waals surface area contributed by atoms with Gasteiger partial charge in [0.15, 0.2) is 0 Å². The second kappa shape index (κ2) is 9.06. The average Bonchev–Trinajstić information content (AvgIpc) is 3.53. The van der Waals surface area contributed by atoms with Crippen LogP contribution in [0.2, 0.25) is 0 Å². The SMILES string of the molecule is CCc1cn(-c2ccc3cc2OCCCN(C)c2nc(nc4c2CCC4c2ccccc2)N3)cn1. The van der Waals surface area contributed by atoms with Crippen LogP contribution >= 0.6 is 0 Å². The third-order valence-electron chi connectivity index (χ3n) is 6.98. The van der Waals surface area contributed by atoms with Crippen LogP contribution in [0.1, 0.15) is 48.2 Å². The standard InChI is InChI=1S/C28H30N6O/c1-3-20-17-34(18-29-20)24-13-10-21-16-25(24)35-15-7-14-33(2)27-23-12-11-22(19-8-5-4-6-9-19)26(23)31-28(30-21)32-27/h4-6,8-10,13,16-18,22H,3,7,11-12,14-15H2,1-2H3,(H,30,31,32). The van der Waals surface area contributed by atoms with Crippen molar-refractivity contribution < 1.29 is 4.74 Å². The fraction of sp³-hybridized carbons (Fsp3) is 0.321. The summed E-state index contributed by atoms with van der Waals surface area (Å²) in [6, 6.07) is 16.9. The fourth-order valence-corrected chi connectivity index (χ4v) is 5.14. The Bertz CT molecular complexity index is 1350. The quantitative estimate of drug-likeness (QED) is 0.444. The maximum Gasteiger partial charge on any atom is 0.229 e. The summed E-state index contributed by atoms with van der Waals surface area (Å²) in [5.74, 6) is 2.77. The molecule has 6 rings (SSSR count). The lowest BCUT2D eigenvalue weighted by molar-refractivity contribution is 0.311. The van der Waals surface area contributed by atoms with Gasteiger partial charge in [0.25, 0.3) is 0 Å². The van der Waals surface area contributed by atoms with Crippen LogP contribution in [0.25, 0.3) is 5.69 Å². The zero-order chi connectivity index (χ0) is 23.8. The summed E-state index contributed by atoms with van der Waals surface area (Å²) in [7, 11) is 2.12. The van der Waals surface area contributed by atoms with Gasteiger partial charge in [-0.15, -0.1) is 0 Å². The summed E-state index contributed by atoms with van der Waals surface area (Å²) in [6.45, 7) is 3.60. The molecule has 2 aromatic heterocycles. The van der Waals surface area contributed by atoms with Gasteiger partial charge in [0.05, 0.1) is 30.0 Å². The van der Waals surface area contributed by atoms with Gasteiger partial charge in [-0.25, -0.2) is 9.97 Å². The Labute approximate surface area is 205 Å². The van der Waals surface area contributed by atoms with Crippen molar-refractivity contribution in [1.29, 1.82) is 0 Å². The predicted molar refractivity (Wildman–Crippen MR) is 138 cm³/mol. The Kier molecular flexibility index (Phi) is 5.60. The van der Waals surface area contributed by atoms with E-state index in [9.17, 15) is 0 Å². The maximum absolute atomic E-state index is 6.27. The molecule has 0 amide bonds. The average molecular weight is 467 g/mol. The van der Waals surface area contributed by atoms with Crippen molar-refractivity contribution in [3.05, 3.63) is 83.6 Å². The van der Waals surface area contributed by atoms with Gasteiger partial charge in [0.1, 0.15) is 11.6 Å². The molecule has 0 fully saturated rings. The van der Waals surface area contributed by atoms with Gasteiger partial charge >= 0.3 is 0 Å². The van der Waals surface area contributed by atoms with Crippen molar-refractivity contribution in [2.24, 2.45) is 0 Å². The molecule has 7 nitrogen and oxygen atoms in total. The first-order valence-electron chi connectivity index (χ1n) is 12.4. The highest BCUT2D eigenvalue weighted by Gasteiger charge is 2.30. The number of rotatable bonds is 3. The molecule has 0 saturated heterocycles. The van der Waals surface area contributed by atoms with E-state index < -0.39 is 0 Å². The van der Waals surface area contributed by atoms with Crippen LogP contribution < -0.4 is 15.0 Å². The number of aromatic nitrogens is 4. The Morgan fingerprint density at radius 1 is 1.11 bits per heavy atom. The van der Waals surface area contributed by atoms with Crippen molar-refractivity contribution >= 4 is 17.5 Å². The summed E-state index contributed by atoms with van der Waals surface area (Å²) < 4.78 is 8.30. The molecule has 2 aromatic carbocycles. The minimum Gasteiger partial charge on any atom is -0.491 e. The van der Waals surface area contributed by atoms with Crippen molar-refractivity contribution in [3.63, 3.8) is 0 Å². The molecule has 3 heterocycles. The molecular weight excluding hydrogens is 436 g/mol. The summed E-state index contributed by atoms with van der Waals surface area (Å²) in [6.07, 6.45) is 7.77. The molecule has 2 aliphatic rings. The van der Waals surface area contributed by atoms with E-state index in [1.807, 2.05) is 23.0 Å². The minimum absolute atomic E-state index is 0.296. The molecule has 1 atom stereocenters. The zero-order valence-corrected chi connectivity index (χ0v) is 20.2. The number of ether oxygens (including phenoxy) is 1. The van der Waals surface area contributed by atoms with Crippen LogP contribution in [0.4, 0.5) is 17.5 Å². The third-order valence-corrected chi connectivity index (χ3v) is 6.98. The van der Waals surface area contributed by atoms with Crippen LogP contribution in [0.3, 0.4) is 0 Å². The van der Waals surface area contributed by atoms with Gasteiger partial charge < -0.3 is 19.5 Å². The fourth-order valence-electron chi connectivity index (χ4n) is 5.14. The number of imidazole rings is 1. The number of hydrogen-bond acceptors (Lipinski definition) is 6. The first kappa shape index (κ1) is 21.6. The molecule has 0 spiro atoms. The van der Waals surface area contributed by atoms with Crippen molar-refractivity contribution in [3.8, 4) is 11.4 Å². The summed E-state index contributed by atoms with van der Waals surface area (Å²) in [4.78, 5) is 16.8. The molecule has 0 saturated carbocycles. The maximum atomic E-state index is 6.27. The molecule has 1 aliphatic carbocycles. The Hall–Kier alpha value is -3.87. The highest BCUT2D eigenvalue weighted by molar-refractivity contribution is 5.64. The highest BCUT2D eigenvalue weighted by atomic mass is 16.5. The zero-order valence-electron chi connectivity index (χ0n) is 20.2. The molecule has 178 valence electrons. The first-order valence-corrected chi connectivity index (χ1v) is 12.4. The predicted octanol–water partition coefficient (Wildman–Crippen LogP) is 5.27. The van der Waals surface area contributed by atoms with Gasteiger partial charge in [-0.2, -0.15) is 4.98 Å². The molecule has 1 unspecified atom stereocenters. The van der Waals surface area contributed by atoms with Gasteiger partial charge in [-0.3, -0.25) is 0 Å². The number of fused-ring (bicyclic) bond motifs is 6. The number of aryl methyl sites for hydroxylation is 1. The number of hydrogen-bond donors (Lipinski definition) is 1. The molecule has 7 heteroatoms. The number of nitrogens with one attached hydrogen (secondary N) is 1. The lowest BCUT2D eigenvalue weighted by Gasteiger charge is -2.24. The van der Waals surface area contributed by atoms with Crippen molar-refractivity contribution in [2.45, 2.75) is 38.5 Å². The first-order chi connectivity index (χ1) is 17.2. The van der Waals surface area contributed by atoms with E-state index in [4.69, 9.17) is 14.7 Å². The van der Waals surface area contributed by atoms with Crippen molar-refractivity contribution in [1.82, 2.24) is 19.5 Å². The Morgan fingerprint density at radius 3 is 2.83 bits per heavy atom. The molecule has 35 heavy (non-hydrogen) atoms. The van der Waals surface area contributed by atoms with Crippen LogP contribution in [-0.2, 0) is 12.8 Å². The highest BCUT2D eigenvalue weighted by Crippen LogP contribution is 2.41. The molecule has 1 aliphatic heterocycles. The lowest BCUT2D eigenvalue weighted by atomic mass is 9.97. The molecule has 0 radical (unpaired) electrons. The van der Waals surface area contributed by atoms with E-state index in [-0.39, 0.29) is 0 Å². The van der Waals surface area contributed by atoms with Gasteiger partial charge in [-0.1, -0.05) is 37.3 Å². The lowest BCUT2D eigenvalue weighted by Crippen LogP contribution is -2.24. The minimum atomic E-state index is 0.296. The van der Waals surface area contributed by atoms with Crippen LogP contribution in [0, 0.1) is 0 Å². The van der Waals surface area contributed by atoms with Crippen LogP contribution in [0.5, 0.6) is 5.75 Å². The van der Waals surface area contributed by atoms with Crippen LogP contribution in [0.15, 0.2) is 61.1 Å². The number of anilines is 3. The largest absolute Gasteiger partial charge is 0.491 e. The summed E-state index contributed by atoms with van der Waals surface area (Å²) >= 11 is 0. The number of nitrogens with zero attached hydrogens (tertiary/aromatic N) is 5. The van der Waals surface area contributed by atoms with E-state index in [0.717, 1.165) is 66.6 Å². The second-order valence-corrected chi connectivity index (χ2v) is 9.29. The van der Waals surface area contributed by atoms with E-state index in [0.29, 0.717) is 18.5 Å². The summed E-state index contributed by atoms with van der Waals surface area (Å²) in [5.41, 5.74) is 6.67. The Balaban J connectivity index is 1.41. The summed E-state index contributed by atoms with van der Waals surface area (Å²) in [5, 5.41) is 3.47. The Morgan fingerprint density at radius 2 is 2.00 bits per heavy atom. The smallest absolute Gasteiger partial charge is 0.229 e. The van der Waals surface area contributed by atoms with Crippen molar-refractivity contribution in [2.75, 3.05) is 30.4 Å². The second-order valence-electron chi connectivity index (χ2n) is 9.29. The van der Waals surface area contributed by atoms with E-state index in [1.165, 1.54) is 11.1 Å². The number of benzene rings is 2. The third kappa shape index (κ3) is 4.11.